The zero-order valence-electron chi connectivity index (χ0n) is 18.6. The molecule has 1 unspecified atom stereocenters. The highest BCUT2D eigenvalue weighted by molar-refractivity contribution is 6.30. The second kappa shape index (κ2) is 11.0. The molecule has 2 aromatic carbocycles. The van der Waals surface area contributed by atoms with Crippen molar-refractivity contribution in [2.75, 3.05) is 6.54 Å². The number of carbonyl (C=O) groups excluding carboxylic acids is 2. The van der Waals surface area contributed by atoms with Gasteiger partial charge in [0.2, 0.25) is 11.8 Å². The molecule has 3 rings (SSSR count). The summed E-state index contributed by atoms with van der Waals surface area (Å²) in [6, 6.07) is 13.4. The van der Waals surface area contributed by atoms with Crippen LogP contribution in [-0.4, -0.2) is 40.4 Å². The standard InChI is InChI=1S/C25H28Cl2N2O4/c1-3-21(24(32)28-4-2)29-23(15-8-10-18(26)11-9-15)20(16-6-5-7-19(27)12-16)13-17(25(29)33)14-22(30)31/h5-12,17,20-21,23H,3-4,13-14H2,1-2H3,(H,28,32)(H,30,31)/t17-,20-,21+,23?/m1/s1. The van der Waals surface area contributed by atoms with Crippen molar-refractivity contribution >= 4 is 41.0 Å². The van der Waals surface area contributed by atoms with Gasteiger partial charge in [-0.2, -0.15) is 0 Å². The van der Waals surface area contributed by atoms with E-state index in [0.29, 0.717) is 29.4 Å². The Morgan fingerprint density at radius 2 is 1.79 bits per heavy atom. The molecule has 2 N–H and O–H groups in total. The maximum atomic E-state index is 13.7. The number of likely N-dealkylation sites (tertiary alicyclic amines) is 1. The Kier molecular flexibility index (Phi) is 8.38. The van der Waals surface area contributed by atoms with Crippen LogP contribution in [0.5, 0.6) is 0 Å². The van der Waals surface area contributed by atoms with Crippen LogP contribution in [0, 0.1) is 5.92 Å². The van der Waals surface area contributed by atoms with Crippen LogP contribution in [0.25, 0.3) is 0 Å². The lowest BCUT2D eigenvalue weighted by Gasteiger charge is -2.47. The normalized spacial score (nSPS) is 21.5. The molecule has 1 heterocycles. The lowest BCUT2D eigenvalue weighted by molar-refractivity contribution is -0.155. The number of nitrogens with one attached hydrogen (secondary N) is 1. The number of likely N-dealkylation sites (N-methyl/N-ethyl adjacent to an activating group) is 1. The van der Waals surface area contributed by atoms with Gasteiger partial charge in [-0.25, -0.2) is 0 Å². The second-order valence-electron chi connectivity index (χ2n) is 8.25. The average molecular weight is 491 g/mol. The number of aliphatic carboxylic acids is 1. The summed E-state index contributed by atoms with van der Waals surface area (Å²) in [5.74, 6) is -2.63. The van der Waals surface area contributed by atoms with Crippen molar-refractivity contribution in [1.29, 1.82) is 0 Å². The number of rotatable bonds is 8. The van der Waals surface area contributed by atoms with Gasteiger partial charge in [0.15, 0.2) is 0 Å². The van der Waals surface area contributed by atoms with Crippen LogP contribution in [0.2, 0.25) is 10.0 Å². The molecule has 6 nitrogen and oxygen atoms in total. The number of hydrogen-bond donors (Lipinski definition) is 2. The number of piperidine rings is 1. The number of halogens is 2. The number of amides is 2. The van der Waals surface area contributed by atoms with E-state index in [1.807, 2.05) is 44.2 Å². The fourth-order valence-electron chi connectivity index (χ4n) is 4.72. The highest BCUT2D eigenvalue weighted by Crippen LogP contribution is 2.47. The van der Waals surface area contributed by atoms with Gasteiger partial charge in [0.25, 0.3) is 0 Å². The lowest BCUT2D eigenvalue weighted by atomic mass is 9.74. The molecule has 176 valence electrons. The van der Waals surface area contributed by atoms with E-state index in [2.05, 4.69) is 5.32 Å². The lowest BCUT2D eigenvalue weighted by Crippen LogP contribution is -2.56. The SMILES string of the molecule is CCNC(=O)[C@H](CC)N1C(=O)[C@@H](CC(=O)O)C[C@H](c2cccc(Cl)c2)C1c1ccc(Cl)cc1. The van der Waals surface area contributed by atoms with Gasteiger partial charge in [0.05, 0.1) is 12.5 Å². The van der Waals surface area contributed by atoms with Crippen molar-refractivity contribution in [1.82, 2.24) is 10.2 Å². The first-order chi connectivity index (χ1) is 15.8. The Labute approximate surface area is 203 Å². The zero-order chi connectivity index (χ0) is 24.1. The summed E-state index contributed by atoms with van der Waals surface area (Å²) in [6.45, 7) is 4.10. The third-order valence-electron chi connectivity index (χ3n) is 6.11. The first kappa shape index (κ1) is 25.1. The quantitative estimate of drug-likeness (QED) is 0.541. The Hall–Kier alpha value is -2.57. The molecule has 4 atom stereocenters. The van der Waals surface area contributed by atoms with Crippen molar-refractivity contribution in [2.45, 2.75) is 51.1 Å². The predicted molar refractivity (Wildman–Crippen MR) is 128 cm³/mol. The van der Waals surface area contributed by atoms with Gasteiger partial charge in [-0.15, -0.1) is 0 Å². The smallest absolute Gasteiger partial charge is 0.304 e. The number of benzene rings is 2. The van der Waals surface area contributed by atoms with Crippen molar-refractivity contribution in [3.05, 3.63) is 69.7 Å². The fourth-order valence-corrected chi connectivity index (χ4v) is 5.04. The predicted octanol–water partition coefficient (Wildman–Crippen LogP) is 5.06. The number of carbonyl (C=O) groups is 3. The van der Waals surface area contributed by atoms with Crippen molar-refractivity contribution in [2.24, 2.45) is 5.92 Å². The molecular formula is C25H28Cl2N2O4. The molecule has 8 heteroatoms. The Morgan fingerprint density at radius 1 is 1.09 bits per heavy atom. The van der Waals surface area contributed by atoms with Crippen molar-refractivity contribution in [3.8, 4) is 0 Å². The molecule has 0 aliphatic carbocycles. The highest BCUT2D eigenvalue weighted by Gasteiger charge is 2.47. The molecular weight excluding hydrogens is 463 g/mol. The highest BCUT2D eigenvalue weighted by atomic mass is 35.5. The Morgan fingerprint density at radius 3 is 2.36 bits per heavy atom. The van der Waals surface area contributed by atoms with Crippen LogP contribution < -0.4 is 5.32 Å². The van der Waals surface area contributed by atoms with Gasteiger partial charge < -0.3 is 15.3 Å². The van der Waals surface area contributed by atoms with Gasteiger partial charge in [0.1, 0.15) is 6.04 Å². The first-order valence-electron chi connectivity index (χ1n) is 11.1. The Balaban J connectivity index is 2.20. The van der Waals surface area contributed by atoms with E-state index in [4.69, 9.17) is 23.2 Å². The molecule has 0 bridgehead atoms. The molecule has 2 aromatic rings. The van der Waals surface area contributed by atoms with E-state index < -0.39 is 24.0 Å². The van der Waals surface area contributed by atoms with Crippen LogP contribution in [-0.2, 0) is 14.4 Å². The Bertz CT molecular complexity index is 1010. The minimum Gasteiger partial charge on any atom is -0.481 e. The molecule has 2 amide bonds. The second-order valence-corrected chi connectivity index (χ2v) is 9.13. The van der Waals surface area contributed by atoms with Crippen LogP contribution >= 0.6 is 23.2 Å². The molecule has 1 saturated heterocycles. The summed E-state index contributed by atoms with van der Waals surface area (Å²) in [5.41, 5.74) is 1.72. The summed E-state index contributed by atoms with van der Waals surface area (Å²) < 4.78 is 0. The largest absolute Gasteiger partial charge is 0.481 e. The van der Waals surface area contributed by atoms with Crippen molar-refractivity contribution in [3.63, 3.8) is 0 Å². The number of nitrogens with zero attached hydrogens (tertiary/aromatic N) is 1. The third kappa shape index (κ3) is 5.68. The summed E-state index contributed by atoms with van der Waals surface area (Å²) in [7, 11) is 0. The topological polar surface area (TPSA) is 86.7 Å². The molecule has 0 aromatic heterocycles. The van der Waals surface area contributed by atoms with Gasteiger partial charge in [-0.1, -0.05) is 54.4 Å². The molecule has 0 spiro atoms. The summed E-state index contributed by atoms with van der Waals surface area (Å²) in [6.07, 6.45) is 0.427. The monoisotopic (exact) mass is 490 g/mol. The number of hydrogen-bond acceptors (Lipinski definition) is 3. The average Bonchev–Trinajstić information content (AvgIpc) is 2.77. The van der Waals surface area contributed by atoms with E-state index in [0.717, 1.165) is 11.1 Å². The van der Waals surface area contributed by atoms with E-state index in [-0.39, 0.29) is 24.2 Å². The molecule has 1 fully saturated rings. The summed E-state index contributed by atoms with van der Waals surface area (Å²) in [5, 5.41) is 13.4. The van der Waals surface area contributed by atoms with E-state index in [1.54, 1.807) is 23.1 Å². The number of carboxylic acid groups (broad SMARTS) is 1. The van der Waals surface area contributed by atoms with Crippen LogP contribution in [0.4, 0.5) is 0 Å². The summed E-state index contributed by atoms with van der Waals surface area (Å²) >= 11 is 12.4. The van der Waals surface area contributed by atoms with Crippen molar-refractivity contribution < 1.29 is 19.5 Å². The van der Waals surface area contributed by atoms with E-state index in [9.17, 15) is 19.5 Å². The minimum atomic E-state index is -1.05. The number of carboxylic acids is 1. The zero-order valence-corrected chi connectivity index (χ0v) is 20.1. The van der Waals surface area contributed by atoms with Crippen LogP contribution in [0.3, 0.4) is 0 Å². The molecule has 0 radical (unpaired) electrons. The summed E-state index contributed by atoms with van der Waals surface area (Å²) in [4.78, 5) is 39.9. The molecule has 33 heavy (non-hydrogen) atoms. The van der Waals surface area contributed by atoms with Gasteiger partial charge in [-0.05, 0) is 55.2 Å². The first-order valence-corrected chi connectivity index (χ1v) is 11.8. The van der Waals surface area contributed by atoms with E-state index >= 15 is 0 Å². The molecule has 1 aliphatic rings. The fraction of sp³-hybridized carbons (Fsp3) is 0.400. The van der Waals surface area contributed by atoms with Gasteiger partial charge >= 0.3 is 5.97 Å². The minimum absolute atomic E-state index is 0.254. The van der Waals surface area contributed by atoms with Crippen LogP contribution in [0.15, 0.2) is 48.5 Å². The van der Waals surface area contributed by atoms with Gasteiger partial charge in [0, 0.05) is 28.4 Å². The molecule has 1 aliphatic heterocycles. The van der Waals surface area contributed by atoms with E-state index in [1.165, 1.54) is 0 Å². The maximum Gasteiger partial charge on any atom is 0.304 e. The van der Waals surface area contributed by atoms with Gasteiger partial charge in [-0.3, -0.25) is 14.4 Å². The maximum absolute atomic E-state index is 13.7. The third-order valence-corrected chi connectivity index (χ3v) is 6.60. The van der Waals surface area contributed by atoms with Crippen LogP contribution in [0.1, 0.15) is 56.2 Å². The molecule has 0 saturated carbocycles.